The van der Waals surface area contributed by atoms with E-state index >= 15 is 0 Å². The number of benzene rings is 1. The van der Waals surface area contributed by atoms with Crippen LogP contribution in [0, 0.1) is 12.7 Å². The Bertz CT molecular complexity index is 443. The van der Waals surface area contributed by atoms with Crippen molar-refractivity contribution in [1.29, 1.82) is 0 Å². The number of halogens is 1. The van der Waals surface area contributed by atoms with E-state index in [2.05, 4.69) is 5.32 Å². The molecule has 0 aliphatic carbocycles. The van der Waals surface area contributed by atoms with Crippen LogP contribution in [0.3, 0.4) is 0 Å². The van der Waals surface area contributed by atoms with E-state index in [-0.39, 0.29) is 18.8 Å². The molecule has 0 spiro atoms. The highest BCUT2D eigenvalue weighted by Gasteiger charge is 2.24. The lowest BCUT2D eigenvalue weighted by molar-refractivity contribution is -0.130. The van der Waals surface area contributed by atoms with Crippen molar-refractivity contribution in [3.8, 4) is 0 Å². The van der Waals surface area contributed by atoms with Crippen molar-refractivity contribution in [1.82, 2.24) is 5.32 Å². The molecule has 2 amide bonds. The number of carbonyl (C=O) groups excluding carboxylic acids is 2. The summed E-state index contributed by atoms with van der Waals surface area (Å²) in [5.74, 6) is -1.23. The summed E-state index contributed by atoms with van der Waals surface area (Å²) in [5, 5.41) is 2.17. The van der Waals surface area contributed by atoms with Crippen LogP contribution in [0.15, 0.2) is 18.2 Å². The number of nitrogens with zero attached hydrogens (tertiary/aromatic N) is 1. The molecule has 5 heteroatoms. The first kappa shape index (κ1) is 10.6. The molecule has 84 valence electrons. The fourth-order valence-corrected chi connectivity index (χ4v) is 1.68. The van der Waals surface area contributed by atoms with Gasteiger partial charge in [0.2, 0.25) is 11.8 Å². The summed E-state index contributed by atoms with van der Waals surface area (Å²) >= 11 is 0. The van der Waals surface area contributed by atoms with Gasteiger partial charge in [-0.15, -0.1) is 0 Å². The summed E-state index contributed by atoms with van der Waals surface area (Å²) < 4.78 is 13.6. The molecule has 0 aromatic heterocycles. The van der Waals surface area contributed by atoms with Gasteiger partial charge < -0.3 is 4.90 Å². The molecule has 1 aromatic carbocycles. The standard InChI is InChI=1S/C11H11FN2O2/c1-7-2-3-9(8(12)4-7)14-5-10(15)13-11(16)6-14/h2-4H,5-6H2,1H3,(H,13,15,16). The van der Waals surface area contributed by atoms with E-state index in [0.717, 1.165) is 5.56 Å². The van der Waals surface area contributed by atoms with Gasteiger partial charge in [0.05, 0.1) is 18.8 Å². The number of piperazine rings is 1. The molecule has 4 nitrogen and oxygen atoms in total. The van der Waals surface area contributed by atoms with E-state index in [1.807, 2.05) is 0 Å². The molecule has 1 aliphatic rings. The van der Waals surface area contributed by atoms with Crippen LogP contribution in [-0.2, 0) is 9.59 Å². The van der Waals surface area contributed by atoms with E-state index < -0.39 is 17.6 Å². The molecular formula is C11H11FN2O2. The minimum absolute atomic E-state index is 0.00568. The predicted molar refractivity (Wildman–Crippen MR) is 56.5 cm³/mol. The van der Waals surface area contributed by atoms with Crippen LogP contribution >= 0.6 is 0 Å². The number of imide groups is 1. The van der Waals surface area contributed by atoms with Crippen LogP contribution in [0.5, 0.6) is 0 Å². The van der Waals surface area contributed by atoms with Crippen LogP contribution in [0.25, 0.3) is 0 Å². The average molecular weight is 222 g/mol. The first-order chi connectivity index (χ1) is 7.56. The normalized spacial score (nSPS) is 16.2. The highest BCUT2D eigenvalue weighted by atomic mass is 19.1. The van der Waals surface area contributed by atoms with Crippen molar-refractivity contribution >= 4 is 17.5 Å². The molecule has 0 atom stereocenters. The third kappa shape index (κ3) is 2.03. The van der Waals surface area contributed by atoms with E-state index in [0.29, 0.717) is 0 Å². The zero-order valence-electron chi connectivity index (χ0n) is 8.79. The van der Waals surface area contributed by atoms with Gasteiger partial charge in [0.1, 0.15) is 5.82 Å². The second-order valence-electron chi connectivity index (χ2n) is 3.78. The third-order valence-corrected chi connectivity index (χ3v) is 2.39. The third-order valence-electron chi connectivity index (χ3n) is 2.39. The SMILES string of the molecule is Cc1ccc(N2CC(=O)NC(=O)C2)c(F)c1. The summed E-state index contributed by atoms with van der Waals surface area (Å²) in [5.41, 5.74) is 1.09. The molecule has 0 radical (unpaired) electrons. The number of nitrogens with one attached hydrogen (secondary N) is 1. The highest BCUT2D eigenvalue weighted by Crippen LogP contribution is 2.20. The van der Waals surface area contributed by atoms with Crippen LogP contribution in [0.2, 0.25) is 0 Å². The van der Waals surface area contributed by atoms with Gasteiger partial charge in [-0.3, -0.25) is 14.9 Å². The van der Waals surface area contributed by atoms with E-state index in [1.165, 1.54) is 11.0 Å². The van der Waals surface area contributed by atoms with Crippen molar-refractivity contribution in [2.24, 2.45) is 0 Å². The monoisotopic (exact) mass is 222 g/mol. The fourth-order valence-electron chi connectivity index (χ4n) is 1.68. The lowest BCUT2D eigenvalue weighted by atomic mass is 10.2. The number of amides is 2. The summed E-state index contributed by atoms with van der Waals surface area (Å²) in [6.45, 7) is 1.79. The van der Waals surface area contributed by atoms with Gasteiger partial charge in [0, 0.05) is 0 Å². The molecule has 2 rings (SSSR count). The molecule has 1 heterocycles. The fraction of sp³-hybridized carbons (Fsp3) is 0.273. The number of hydrogen-bond acceptors (Lipinski definition) is 3. The Morgan fingerprint density at radius 3 is 2.44 bits per heavy atom. The largest absolute Gasteiger partial charge is 0.351 e. The first-order valence-corrected chi connectivity index (χ1v) is 4.90. The smallest absolute Gasteiger partial charge is 0.246 e. The molecule has 1 fully saturated rings. The zero-order chi connectivity index (χ0) is 11.7. The molecule has 1 N–H and O–H groups in total. The Hall–Kier alpha value is -1.91. The molecular weight excluding hydrogens is 211 g/mol. The minimum Gasteiger partial charge on any atom is -0.351 e. The number of anilines is 1. The van der Waals surface area contributed by atoms with Crippen molar-refractivity contribution in [2.45, 2.75) is 6.92 Å². The van der Waals surface area contributed by atoms with Crippen LogP contribution in [-0.4, -0.2) is 24.9 Å². The summed E-state index contributed by atoms with van der Waals surface area (Å²) in [6, 6.07) is 4.71. The van der Waals surface area contributed by atoms with Crippen molar-refractivity contribution in [2.75, 3.05) is 18.0 Å². The maximum Gasteiger partial charge on any atom is 0.246 e. The first-order valence-electron chi connectivity index (χ1n) is 4.90. The molecule has 1 saturated heterocycles. The van der Waals surface area contributed by atoms with E-state index in [4.69, 9.17) is 0 Å². The van der Waals surface area contributed by atoms with Gasteiger partial charge in [-0.2, -0.15) is 0 Å². The summed E-state index contributed by atoms with van der Waals surface area (Å²) in [4.78, 5) is 23.7. The molecule has 1 aromatic rings. The number of hydrogen-bond donors (Lipinski definition) is 1. The van der Waals surface area contributed by atoms with Crippen LogP contribution < -0.4 is 10.2 Å². The van der Waals surface area contributed by atoms with Gasteiger partial charge in [-0.05, 0) is 24.6 Å². The summed E-state index contributed by atoms with van der Waals surface area (Å²) in [7, 11) is 0. The number of carbonyl (C=O) groups is 2. The maximum absolute atomic E-state index is 13.6. The van der Waals surface area contributed by atoms with Gasteiger partial charge >= 0.3 is 0 Å². The lowest BCUT2D eigenvalue weighted by Crippen LogP contribution is -2.51. The second-order valence-corrected chi connectivity index (χ2v) is 3.78. The maximum atomic E-state index is 13.6. The summed E-state index contributed by atoms with van der Waals surface area (Å²) in [6.07, 6.45) is 0. The van der Waals surface area contributed by atoms with E-state index in [9.17, 15) is 14.0 Å². The van der Waals surface area contributed by atoms with Crippen molar-refractivity contribution in [3.63, 3.8) is 0 Å². The Balaban J connectivity index is 2.29. The topological polar surface area (TPSA) is 49.4 Å². The average Bonchev–Trinajstić information content (AvgIpc) is 2.15. The quantitative estimate of drug-likeness (QED) is 0.708. The van der Waals surface area contributed by atoms with Crippen molar-refractivity contribution < 1.29 is 14.0 Å². The zero-order valence-corrected chi connectivity index (χ0v) is 8.79. The Kier molecular flexibility index (Phi) is 2.60. The van der Waals surface area contributed by atoms with Gasteiger partial charge in [-0.25, -0.2) is 4.39 Å². The number of aryl methyl sites for hydroxylation is 1. The Morgan fingerprint density at radius 1 is 1.25 bits per heavy atom. The van der Waals surface area contributed by atoms with Gasteiger partial charge in [0.15, 0.2) is 0 Å². The Labute approximate surface area is 92.0 Å². The predicted octanol–water partition coefficient (Wildman–Crippen LogP) is 0.597. The van der Waals surface area contributed by atoms with Gasteiger partial charge in [0.25, 0.3) is 0 Å². The number of rotatable bonds is 1. The molecule has 0 bridgehead atoms. The molecule has 16 heavy (non-hydrogen) atoms. The van der Waals surface area contributed by atoms with Crippen LogP contribution in [0.4, 0.5) is 10.1 Å². The molecule has 0 unspecified atom stereocenters. The van der Waals surface area contributed by atoms with E-state index in [1.54, 1.807) is 19.1 Å². The molecule has 1 aliphatic heterocycles. The second kappa shape index (κ2) is 3.92. The Morgan fingerprint density at radius 2 is 1.88 bits per heavy atom. The lowest BCUT2D eigenvalue weighted by Gasteiger charge is -2.27. The highest BCUT2D eigenvalue weighted by molar-refractivity contribution is 6.02. The van der Waals surface area contributed by atoms with Gasteiger partial charge in [-0.1, -0.05) is 6.07 Å². The molecule has 0 saturated carbocycles. The minimum atomic E-state index is -0.414. The van der Waals surface area contributed by atoms with Crippen molar-refractivity contribution in [3.05, 3.63) is 29.6 Å². The van der Waals surface area contributed by atoms with Crippen LogP contribution in [0.1, 0.15) is 5.56 Å².